The first kappa shape index (κ1) is 21.2. The average Bonchev–Trinajstić information content (AvgIpc) is 3.44. The van der Waals surface area contributed by atoms with Crippen molar-refractivity contribution in [3.05, 3.63) is 52.4 Å². The molecule has 1 spiro atoms. The van der Waals surface area contributed by atoms with Gasteiger partial charge in [0.2, 0.25) is 5.91 Å². The highest BCUT2D eigenvalue weighted by Gasteiger charge is 2.43. The second-order valence-corrected chi connectivity index (χ2v) is 10.7. The van der Waals surface area contributed by atoms with E-state index in [-0.39, 0.29) is 5.92 Å². The number of amides is 1. The molecular weight excluding hydrogens is 484 g/mol. The maximum absolute atomic E-state index is 13.0. The largest absolute Gasteiger partial charge is 0.456 e. The molecule has 2 fully saturated rings. The van der Waals surface area contributed by atoms with E-state index in [2.05, 4.69) is 53.8 Å². The van der Waals surface area contributed by atoms with Crippen LogP contribution in [-0.4, -0.2) is 44.4 Å². The predicted molar refractivity (Wildman–Crippen MR) is 126 cm³/mol. The Kier molecular flexibility index (Phi) is 5.43. The first-order valence-corrected chi connectivity index (χ1v) is 12.9. The van der Waals surface area contributed by atoms with Crippen molar-refractivity contribution in [1.82, 2.24) is 19.7 Å². The van der Waals surface area contributed by atoms with Crippen molar-refractivity contribution >= 4 is 21.8 Å². The van der Waals surface area contributed by atoms with Gasteiger partial charge in [-0.25, -0.2) is 0 Å². The molecule has 1 aliphatic carbocycles. The predicted octanol–water partition coefficient (Wildman–Crippen LogP) is 4.63. The van der Waals surface area contributed by atoms with Crippen LogP contribution in [0.2, 0.25) is 0 Å². The van der Waals surface area contributed by atoms with Gasteiger partial charge in [0.05, 0.1) is 18.5 Å². The summed E-state index contributed by atoms with van der Waals surface area (Å²) in [6.07, 6.45) is 11.7. The summed E-state index contributed by atoms with van der Waals surface area (Å²) in [5.41, 5.74) is 2.23. The monoisotopic (exact) mass is 512 g/mol. The standard InChI is InChI=1S/C25H29BrN4O3/c26-20-8-9-21-19(14-20)15-25(32-12-13-33-25)16-22-27-28-23(30(21)22)17-4-6-18(7-5-17)24(31)29-10-2-1-3-11-29/h8-9,12-14,17-18H,1-7,10-11,15-16H2. The molecule has 0 atom stereocenters. The molecule has 6 rings (SSSR count). The van der Waals surface area contributed by atoms with Gasteiger partial charge in [0.1, 0.15) is 24.2 Å². The zero-order valence-electron chi connectivity index (χ0n) is 18.7. The fraction of sp³-hybridized carbons (Fsp3) is 0.560. The van der Waals surface area contributed by atoms with Crippen LogP contribution in [0.25, 0.3) is 5.69 Å². The summed E-state index contributed by atoms with van der Waals surface area (Å²) in [7, 11) is 0. The second kappa shape index (κ2) is 8.46. The number of benzene rings is 1. The number of halogens is 1. The van der Waals surface area contributed by atoms with Gasteiger partial charge >= 0.3 is 0 Å². The van der Waals surface area contributed by atoms with Crippen LogP contribution in [0.4, 0.5) is 0 Å². The third-order valence-electron chi connectivity index (χ3n) is 7.66. The highest BCUT2D eigenvalue weighted by molar-refractivity contribution is 9.10. The number of aromatic nitrogens is 3. The lowest BCUT2D eigenvalue weighted by molar-refractivity contribution is -0.139. The fourth-order valence-corrected chi connectivity index (χ4v) is 6.36. The van der Waals surface area contributed by atoms with Crippen LogP contribution in [0.15, 0.2) is 35.2 Å². The van der Waals surface area contributed by atoms with Crippen LogP contribution >= 0.6 is 15.9 Å². The summed E-state index contributed by atoms with van der Waals surface area (Å²) in [6.45, 7) is 1.87. The zero-order valence-corrected chi connectivity index (χ0v) is 20.3. The number of likely N-dealkylation sites (tertiary alicyclic amines) is 1. The van der Waals surface area contributed by atoms with Crippen molar-refractivity contribution < 1.29 is 14.3 Å². The van der Waals surface area contributed by atoms with E-state index in [1.165, 1.54) is 6.42 Å². The lowest BCUT2D eigenvalue weighted by atomic mass is 9.80. The SMILES string of the molecule is O=C(C1CCC(c2nnc3n2-c2ccc(Br)cc2CC2(C3)OC=CO2)CC1)N1CCCCC1. The molecule has 1 saturated heterocycles. The smallest absolute Gasteiger partial charge is 0.260 e. The van der Waals surface area contributed by atoms with Crippen molar-refractivity contribution in [2.45, 2.75) is 69.5 Å². The number of ether oxygens (including phenoxy) is 2. The maximum Gasteiger partial charge on any atom is 0.260 e. The van der Waals surface area contributed by atoms with Gasteiger partial charge in [-0.05, 0) is 68.7 Å². The Hall–Kier alpha value is -2.35. The van der Waals surface area contributed by atoms with Gasteiger partial charge in [0.15, 0.2) is 0 Å². The topological polar surface area (TPSA) is 69.5 Å². The summed E-state index contributed by atoms with van der Waals surface area (Å²) in [4.78, 5) is 15.1. The number of piperidine rings is 1. The Morgan fingerprint density at radius 2 is 1.76 bits per heavy atom. The van der Waals surface area contributed by atoms with E-state index in [0.29, 0.717) is 24.7 Å². The van der Waals surface area contributed by atoms with E-state index in [9.17, 15) is 4.79 Å². The first-order chi connectivity index (χ1) is 16.1. The third kappa shape index (κ3) is 3.86. The lowest BCUT2D eigenvalue weighted by Gasteiger charge is -2.33. The zero-order chi connectivity index (χ0) is 22.4. The third-order valence-corrected chi connectivity index (χ3v) is 8.15. The first-order valence-electron chi connectivity index (χ1n) is 12.1. The number of rotatable bonds is 2. The molecule has 4 aliphatic rings. The molecule has 1 aromatic carbocycles. The molecule has 0 N–H and O–H groups in total. The van der Waals surface area contributed by atoms with Gasteiger partial charge in [-0.3, -0.25) is 9.36 Å². The summed E-state index contributed by atoms with van der Waals surface area (Å²) in [5.74, 6) is 1.91. The molecule has 1 saturated carbocycles. The summed E-state index contributed by atoms with van der Waals surface area (Å²) in [6, 6.07) is 6.32. The van der Waals surface area contributed by atoms with E-state index in [1.54, 1.807) is 12.5 Å². The minimum absolute atomic E-state index is 0.156. The Morgan fingerprint density at radius 1 is 1.00 bits per heavy atom. The number of carbonyl (C=O) groups is 1. The molecule has 33 heavy (non-hydrogen) atoms. The molecule has 4 heterocycles. The Labute approximate surface area is 202 Å². The van der Waals surface area contributed by atoms with Crippen molar-refractivity contribution in [2.24, 2.45) is 5.92 Å². The van der Waals surface area contributed by atoms with Crippen LogP contribution in [0.5, 0.6) is 0 Å². The van der Waals surface area contributed by atoms with E-state index >= 15 is 0 Å². The van der Waals surface area contributed by atoms with Crippen molar-refractivity contribution in [3.8, 4) is 5.69 Å². The van der Waals surface area contributed by atoms with Crippen LogP contribution in [0, 0.1) is 5.92 Å². The molecule has 7 nitrogen and oxygen atoms in total. The van der Waals surface area contributed by atoms with E-state index in [0.717, 1.165) is 79.0 Å². The summed E-state index contributed by atoms with van der Waals surface area (Å²) < 4.78 is 15.1. The Bertz CT molecular complexity index is 1080. The van der Waals surface area contributed by atoms with E-state index in [4.69, 9.17) is 9.47 Å². The minimum Gasteiger partial charge on any atom is -0.456 e. The van der Waals surface area contributed by atoms with Crippen molar-refractivity contribution in [1.29, 1.82) is 0 Å². The molecule has 8 heteroatoms. The van der Waals surface area contributed by atoms with Gasteiger partial charge in [0.25, 0.3) is 5.79 Å². The van der Waals surface area contributed by atoms with Gasteiger partial charge in [-0.15, -0.1) is 10.2 Å². The van der Waals surface area contributed by atoms with Crippen LogP contribution in [0.1, 0.15) is 68.1 Å². The molecular formula is C25H29BrN4O3. The molecule has 0 unspecified atom stereocenters. The Balaban J connectivity index is 1.26. The summed E-state index contributed by atoms with van der Waals surface area (Å²) >= 11 is 3.62. The van der Waals surface area contributed by atoms with Gasteiger partial charge < -0.3 is 14.4 Å². The van der Waals surface area contributed by atoms with Gasteiger partial charge in [0, 0.05) is 29.4 Å². The van der Waals surface area contributed by atoms with Crippen LogP contribution in [0.3, 0.4) is 0 Å². The van der Waals surface area contributed by atoms with Crippen LogP contribution in [-0.2, 0) is 27.1 Å². The normalized spacial score (nSPS) is 25.7. The van der Waals surface area contributed by atoms with E-state index in [1.807, 2.05) is 0 Å². The maximum atomic E-state index is 13.0. The molecule has 0 bridgehead atoms. The Morgan fingerprint density at radius 3 is 2.52 bits per heavy atom. The molecule has 0 radical (unpaired) electrons. The lowest BCUT2D eigenvalue weighted by Crippen LogP contribution is -2.40. The highest BCUT2D eigenvalue weighted by atomic mass is 79.9. The number of fused-ring (bicyclic) bond motifs is 3. The molecule has 1 amide bonds. The second-order valence-electron chi connectivity index (χ2n) is 9.79. The molecule has 174 valence electrons. The van der Waals surface area contributed by atoms with E-state index < -0.39 is 5.79 Å². The number of hydrogen-bond donors (Lipinski definition) is 0. The van der Waals surface area contributed by atoms with Crippen molar-refractivity contribution in [3.63, 3.8) is 0 Å². The summed E-state index contributed by atoms with van der Waals surface area (Å²) in [5, 5.41) is 9.27. The quantitative estimate of drug-likeness (QED) is 0.586. The van der Waals surface area contributed by atoms with Gasteiger partial charge in [-0.1, -0.05) is 15.9 Å². The van der Waals surface area contributed by atoms with Crippen molar-refractivity contribution in [2.75, 3.05) is 13.1 Å². The number of nitrogens with zero attached hydrogens (tertiary/aromatic N) is 4. The number of carbonyl (C=O) groups excluding carboxylic acids is 1. The van der Waals surface area contributed by atoms with Gasteiger partial charge in [-0.2, -0.15) is 0 Å². The minimum atomic E-state index is -0.771. The number of hydrogen-bond acceptors (Lipinski definition) is 5. The molecule has 2 aromatic rings. The van der Waals surface area contributed by atoms with Crippen LogP contribution < -0.4 is 0 Å². The highest BCUT2D eigenvalue weighted by Crippen LogP contribution is 2.41. The average molecular weight is 513 g/mol. The fourth-order valence-electron chi connectivity index (χ4n) is 5.95. The molecule has 3 aliphatic heterocycles. The molecule has 1 aromatic heterocycles.